The molecule has 1 aliphatic heterocycles. The fraction of sp³-hybridized carbons (Fsp3) is 0.306. The van der Waals surface area contributed by atoms with Crippen molar-refractivity contribution in [3.05, 3.63) is 120 Å². The molecule has 230 valence electrons. The molecular weight excluding hydrogens is 601 g/mol. The van der Waals surface area contributed by atoms with Gasteiger partial charge >= 0.3 is 0 Å². The Morgan fingerprint density at radius 2 is 1.39 bits per heavy atom. The van der Waals surface area contributed by atoms with Crippen LogP contribution in [0.15, 0.2) is 118 Å². The lowest BCUT2D eigenvalue weighted by molar-refractivity contribution is 0.0984. The number of nitrogens with one attached hydrogen (secondary N) is 1. The Labute approximate surface area is 275 Å². The van der Waals surface area contributed by atoms with Crippen LogP contribution in [-0.4, -0.2) is 36.2 Å². The third-order valence-corrected chi connectivity index (χ3v) is 10.4. The third kappa shape index (κ3) is 9.81. The highest BCUT2D eigenvalue weighted by atomic mass is 32.2. The minimum Gasteiger partial charge on any atom is -0.371 e. The van der Waals surface area contributed by atoms with Crippen molar-refractivity contribution in [1.82, 2.24) is 9.62 Å². The zero-order chi connectivity index (χ0) is 30.8. The van der Waals surface area contributed by atoms with Gasteiger partial charge in [-0.15, -0.1) is 11.8 Å². The van der Waals surface area contributed by atoms with Crippen LogP contribution in [0.2, 0.25) is 0 Å². The van der Waals surface area contributed by atoms with Crippen molar-refractivity contribution in [3.8, 4) is 0 Å². The molecule has 5 rings (SSSR count). The molecule has 0 atom stereocenters. The lowest BCUT2D eigenvalue weighted by Crippen LogP contribution is -2.37. The molecule has 5 nitrogen and oxygen atoms in total. The number of benzene rings is 4. The maximum Gasteiger partial charge on any atom is 0.261 e. The van der Waals surface area contributed by atoms with Crippen LogP contribution >= 0.6 is 35.7 Å². The van der Waals surface area contributed by atoms with Crippen molar-refractivity contribution < 1.29 is 4.79 Å². The molecule has 0 saturated carbocycles. The fourth-order valence-corrected chi connectivity index (χ4v) is 7.06. The second-order valence-corrected chi connectivity index (χ2v) is 14.8. The number of hydrogen-bond acceptors (Lipinski definition) is 7. The molecule has 1 heterocycles. The van der Waals surface area contributed by atoms with Gasteiger partial charge in [0.1, 0.15) is 0 Å². The summed E-state index contributed by atoms with van der Waals surface area (Å²) in [6, 6.07) is 35.6. The molecule has 1 saturated heterocycles. The van der Waals surface area contributed by atoms with Gasteiger partial charge in [-0.25, -0.2) is 0 Å². The average molecular weight is 643 g/mol. The maximum absolute atomic E-state index is 12.9. The van der Waals surface area contributed by atoms with E-state index in [0.29, 0.717) is 11.0 Å². The number of anilines is 1. The van der Waals surface area contributed by atoms with Crippen molar-refractivity contribution >= 4 is 47.3 Å². The van der Waals surface area contributed by atoms with Crippen LogP contribution in [0.1, 0.15) is 48.2 Å². The highest BCUT2D eigenvalue weighted by Gasteiger charge is 2.25. The minimum atomic E-state index is -0.0773. The van der Waals surface area contributed by atoms with E-state index in [-0.39, 0.29) is 5.91 Å². The molecule has 0 unspecified atom stereocenters. The molecule has 0 radical (unpaired) electrons. The smallest absolute Gasteiger partial charge is 0.261 e. The number of carbonyl (C=O) groups is 1. The zero-order valence-corrected chi connectivity index (χ0v) is 28.0. The van der Waals surface area contributed by atoms with Gasteiger partial charge < -0.3 is 4.90 Å². The molecule has 1 fully saturated rings. The second-order valence-electron chi connectivity index (χ2n) is 12.0. The third-order valence-electron chi connectivity index (χ3n) is 8.09. The molecule has 4 aromatic carbocycles. The molecule has 8 heteroatoms. The van der Waals surface area contributed by atoms with E-state index < -0.39 is 0 Å². The van der Waals surface area contributed by atoms with E-state index >= 15 is 0 Å². The van der Waals surface area contributed by atoms with Crippen molar-refractivity contribution in [2.75, 3.05) is 30.3 Å². The number of piperidine rings is 1. The van der Waals surface area contributed by atoms with Crippen LogP contribution in [-0.2, 0) is 13.1 Å². The first-order valence-corrected chi connectivity index (χ1v) is 17.8. The summed E-state index contributed by atoms with van der Waals surface area (Å²) in [7, 11) is 0. The number of rotatable bonds is 13. The van der Waals surface area contributed by atoms with Gasteiger partial charge in [0.2, 0.25) is 0 Å². The summed E-state index contributed by atoms with van der Waals surface area (Å²) in [6.45, 7) is 9.50. The molecule has 1 aliphatic rings. The summed E-state index contributed by atoms with van der Waals surface area (Å²) in [6.07, 6.45) is 2.39. The molecule has 1 amide bonds. The summed E-state index contributed by atoms with van der Waals surface area (Å²) in [4.78, 5) is 21.1. The largest absolute Gasteiger partial charge is 0.371 e. The Balaban J connectivity index is 1.13. The van der Waals surface area contributed by atoms with Crippen LogP contribution in [0, 0.1) is 5.41 Å². The molecule has 0 aromatic heterocycles. The summed E-state index contributed by atoms with van der Waals surface area (Å²) >= 11 is 4.52. The minimum absolute atomic E-state index is 0.0773. The first kappa shape index (κ1) is 32.5. The zero-order valence-electron chi connectivity index (χ0n) is 25.6. The van der Waals surface area contributed by atoms with E-state index in [9.17, 15) is 4.79 Å². The van der Waals surface area contributed by atoms with E-state index in [0.717, 1.165) is 48.3 Å². The van der Waals surface area contributed by atoms with Crippen LogP contribution in [0.4, 0.5) is 5.69 Å². The normalized spacial score (nSPS) is 14.5. The van der Waals surface area contributed by atoms with Gasteiger partial charge in [-0.05, 0) is 114 Å². The summed E-state index contributed by atoms with van der Waals surface area (Å²) in [5.74, 6) is 0.935. The van der Waals surface area contributed by atoms with Crippen molar-refractivity contribution in [2.24, 2.45) is 10.6 Å². The Hall–Kier alpha value is -2.88. The van der Waals surface area contributed by atoms with Crippen molar-refractivity contribution in [2.45, 2.75) is 54.5 Å². The van der Waals surface area contributed by atoms with Gasteiger partial charge in [-0.2, -0.15) is 0 Å². The van der Waals surface area contributed by atoms with Gasteiger partial charge in [0.05, 0.1) is 0 Å². The first-order chi connectivity index (χ1) is 21.4. The second kappa shape index (κ2) is 15.9. The molecule has 0 aliphatic carbocycles. The predicted octanol–water partition coefficient (Wildman–Crippen LogP) is 8.51. The monoisotopic (exact) mass is 642 g/mol. The predicted molar refractivity (Wildman–Crippen MR) is 189 cm³/mol. The molecular formula is C36H42N4OS3. The Morgan fingerprint density at radius 3 is 1.98 bits per heavy atom. The van der Waals surface area contributed by atoms with Crippen LogP contribution in [0.5, 0.6) is 0 Å². The number of thioether (sulfide) groups is 1. The summed E-state index contributed by atoms with van der Waals surface area (Å²) in [5, 5.41) is 5.72. The lowest BCUT2D eigenvalue weighted by atomic mass is 9.82. The van der Waals surface area contributed by atoms with E-state index in [4.69, 9.17) is 5.14 Å². The van der Waals surface area contributed by atoms with Gasteiger partial charge in [0, 0.05) is 64.4 Å². The fourth-order valence-electron chi connectivity index (χ4n) is 5.23. The van der Waals surface area contributed by atoms with E-state index in [1.54, 1.807) is 0 Å². The van der Waals surface area contributed by atoms with Gasteiger partial charge in [0.25, 0.3) is 5.91 Å². The highest BCUT2D eigenvalue weighted by Crippen LogP contribution is 2.32. The summed E-state index contributed by atoms with van der Waals surface area (Å²) < 4.78 is 3.01. The average Bonchev–Trinajstić information content (AvgIpc) is 3.05. The number of nitrogens with two attached hydrogens (primary N) is 1. The SMILES string of the molecule is CC1(C)CCN(c2ccc(C(=O)NSc3ccc(CN(CCSc4ccccc4)Cc4ccc(SN)cc4)cc3)cc2)CC1. The summed E-state index contributed by atoms with van der Waals surface area (Å²) in [5.41, 5.74) is 4.81. The quantitative estimate of drug-likeness (QED) is 0.112. The van der Waals surface area contributed by atoms with Gasteiger partial charge in [-0.1, -0.05) is 56.3 Å². The standard InChI is InChI=1S/C36H42N4OS3/c1-36(2)20-22-40(23-21-36)31-14-12-30(13-15-31)35(41)38-44-34-18-10-29(11-19-34)27-39(24-25-42-32-6-4-3-5-7-32)26-28-8-16-33(43-37)17-9-28/h3-19H,20-27,37H2,1-2H3,(H,38,41). The van der Waals surface area contributed by atoms with Crippen LogP contribution in [0.25, 0.3) is 0 Å². The van der Waals surface area contributed by atoms with Crippen molar-refractivity contribution in [1.29, 1.82) is 0 Å². The Bertz CT molecular complexity index is 1450. The Kier molecular flexibility index (Phi) is 11.8. The highest BCUT2D eigenvalue weighted by molar-refractivity contribution is 7.99. The van der Waals surface area contributed by atoms with Crippen LogP contribution < -0.4 is 14.8 Å². The number of carbonyl (C=O) groups excluding carboxylic acids is 1. The number of amides is 1. The molecule has 44 heavy (non-hydrogen) atoms. The first-order valence-electron chi connectivity index (χ1n) is 15.1. The molecule has 4 aromatic rings. The lowest BCUT2D eigenvalue weighted by Gasteiger charge is -2.38. The maximum atomic E-state index is 12.9. The van der Waals surface area contributed by atoms with Crippen LogP contribution in [0.3, 0.4) is 0 Å². The number of nitrogens with zero attached hydrogens (tertiary/aromatic N) is 2. The molecule has 3 N–H and O–H groups in total. The molecule has 0 bridgehead atoms. The van der Waals surface area contributed by atoms with E-state index in [1.807, 2.05) is 23.9 Å². The van der Waals surface area contributed by atoms with E-state index in [2.05, 4.69) is 119 Å². The topological polar surface area (TPSA) is 61.6 Å². The van der Waals surface area contributed by atoms with Gasteiger partial charge in [-0.3, -0.25) is 19.6 Å². The van der Waals surface area contributed by atoms with Gasteiger partial charge in [0.15, 0.2) is 0 Å². The van der Waals surface area contributed by atoms with Crippen molar-refractivity contribution in [3.63, 3.8) is 0 Å². The Morgan fingerprint density at radius 1 is 0.795 bits per heavy atom. The molecule has 0 spiro atoms. The number of hydrogen-bond donors (Lipinski definition) is 2. The van der Waals surface area contributed by atoms with E-state index in [1.165, 1.54) is 58.4 Å².